The van der Waals surface area contributed by atoms with Crippen molar-refractivity contribution in [2.75, 3.05) is 17.4 Å². The second-order valence-corrected chi connectivity index (χ2v) is 13.1. The molecule has 1 atom stereocenters. The minimum atomic E-state index is -4.33. The third-order valence-corrected chi connectivity index (χ3v) is 9.69. The molecule has 0 bridgehead atoms. The average molecular weight is 671 g/mol. The first-order valence-electron chi connectivity index (χ1n) is 14.5. The summed E-state index contributed by atoms with van der Waals surface area (Å²) in [6.45, 7) is 1.75. The van der Waals surface area contributed by atoms with E-state index in [1.54, 1.807) is 48.5 Å². The molecule has 0 aliphatic carbocycles. The predicted octanol–water partition coefficient (Wildman–Crippen LogP) is 6.88. The van der Waals surface area contributed by atoms with Crippen LogP contribution >= 0.6 is 23.2 Å². The molecule has 11 heteroatoms. The van der Waals surface area contributed by atoms with E-state index in [1.165, 1.54) is 4.90 Å². The first kappa shape index (κ1) is 34.0. The van der Waals surface area contributed by atoms with Gasteiger partial charge in [-0.25, -0.2) is 12.8 Å². The molecule has 0 aliphatic heterocycles. The van der Waals surface area contributed by atoms with Crippen LogP contribution in [-0.2, 0) is 32.6 Å². The van der Waals surface area contributed by atoms with E-state index in [2.05, 4.69) is 5.32 Å². The van der Waals surface area contributed by atoms with Crippen molar-refractivity contribution in [2.24, 2.45) is 0 Å². The van der Waals surface area contributed by atoms with E-state index in [-0.39, 0.29) is 34.5 Å². The van der Waals surface area contributed by atoms with Crippen LogP contribution in [0.15, 0.2) is 108 Å². The number of carbonyl (C=O) groups is 2. The number of benzene rings is 4. The van der Waals surface area contributed by atoms with E-state index in [9.17, 15) is 22.4 Å². The Morgan fingerprint density at radius 2 is 1.49 bits per heavy atom. The normalized spacial score (nSPS) is 11.9. The third-order valence-electron chi connectivity index (χ3n) is 7.16. The van der Waals surface area contributed by atoms with Crippen LogP contribution in [-0.4, -0.2) is 44.3 Å². The van der Waals surface area contributed by atoms with Gasteiger partial charge >= 0.3 is 0 Å². The highest BCUT2D eigenvalue weighted by atomic mass is 35.5. The summed E-state index contributed by atoms with van der Waals surface area (Å²) in [5, 5.41) is 3.55. The number of sulfonamides is 1. The maximum Gasteiger partial charge on any atom is 0.264 e. The maximum absolute atomic E-state index is 14.4. The number of unbranched alkanes of at least 4 members (excludes halogenated alkanes) is 1. The van der Waals surface area contributed by atoms with Gasteiger partial charge in [0.25, 0.3) is 10.0 Å². The summed E-state index contributed by atoms with van der Waals surface area (Å²) in [5.74, 6) is -1.59. The van der Waals surface area contributed by atoms with Crippen LogP contribution < -0.4 is 9.62 Å². The molecule has 0 saturated heterocycles. The van der Waals surface area contributed by atoms with Crippen molar-refractivity contribution in [1.29, 1.82) is 0 Å². The molecule has 0 radical (unpaired) electrons. The minimum Gasteiger partial charge on any atom is -0.354 e. The van der Waals surface area contributed by atoms with Gasteiger partial charge in [-0.3, -0.25) is 13.9 Å². The quantitative estimate of drug-likeness (QED) is 0.148. The fourth-order valence-electron chi connectivity index (χ4n) is 4.75. The van der Waals surface area contributed by atoms with Crippen molar-refractivity contribution in [1.82, 2.24) is 10.2 Å². The zero-order chi connectivity index (χ0) is 32.4. The molecular weight excluding hydrogens is 636 g/mol. The molecule has 0 heterocycles. The number of hydrogen-bond donors (Lipinski definition) is 1. The lowest BCUT2D eigenvalue weighted by molar-refractivity contribution is -0.140. The molecule has 0 spiro atoms. The number of nitrogens with one attached hydrogen (secondary N) is 1. The Morgan fingerprint density at radius 1 is 0.844 bits per heavy atom. The fraction of sp³-hybridized carbons (Fsp3) is 0.235. The van der Waals surface area contributed by atoms with Gasteiger partial charge in [0.1, 0.15) is 18.4 Å². The van der Waals surface area contributed by atoms with Gasteiger partial charge in [-0.2, -0.15) is 0 Å². The van der Waals surface area contributed by atoms with Gasteiger partial charge in [-0.05, 0) is 66.1 Å². The molecule has 7 nitrogen and oxygen atoms in total. The Balaban J connectivity index is 1.78. The van der Waals surface area contributed by atoms with Crippen molar-refractivity contribution in [3.8, 4) is 0 Å². The highest BCUT2D eigenvalue weighted by molar-refractivity contribution is 7.92. The molecule has 4 aromatic rings. The van der Waals surface area contributed by atoms with E-state index in [0.29, 0.717) is 17.1 Å². The number of nitrogens with zero attached hydrogens (tertiary/aromatic N) is 2. The first-order chi connectivity index (χ1) is 21.6. The van der Waals surface area contributed by atoms with Crippen molar-refractivity contribution >= 4 is 50.7 Å². The van der Waals surface area contributed by atoms with Gasteiger partial charge in [-0.1, -0.05) is 91.1 Å². The summed E-state index contributed by atoms with van der Waals surface area (Å²) >= 11 is 12.5. The number of anilines is 1. The molecule has 4 rings (SSSR count). The topological polar surface area (TPSA) is 86.8 Å². The molecule has 0 fully saturated rings. The van der Waals surface area contributed by atoms with Crippen molar-refractivity contribution in [2.45, 2.75) is 43.7 Å². The Hall–Kier alpha value is -3.92. The Morgan fingerprint density at radius 3 is 2.11 bits per heavy atom. The number of halogens is 3. The van der Waals surface area contributed by atoms with Gasteiger partial charge < -0.3 is 10.2 Å². The van der Waals surface area contributed by atoms with E-state index >= 15 is 0 Å². The van der Waals surface area contributed by atoms with Crippen molar-refractivity contribution in [3.63, 3.8) is 0 Å². The molecule has 0 saturated carbocycles. The molecule has 236 valence electrons. The Labute approximate surface area is 273 Å². The maximum atomic E-state index is 14.4. The molecule has 0 aliphatic rings. The zero-order valence-electron chi connectivity index (χ0n) is 24.7. The van der Waals surface area contributed by atoms with Crippen LogP contribution in [0.4, 0.5) is 10.1 Å². The van der Waals surface area contributed by atoms with Gasteiger partial charge in [0.15, 0.2) is 0 Å². The number of rotatable bonds is 14. The van der Waals surface area contributed by atoms with Gasteiger partial charge in [0.05, 0.1) is 20.6 Å². The van der Waals surface area contributed by atoms with Crippen LogP contribution in [0.3, 0.4) is 0 Å². The lowest BCUT2D eigenvalue weighted by Crippen LogP contribution is -2.53. The summed E-state index contributed by atoms with van der Waals surface area (Å²) < 4.78 is 42.5. The first-order valence-corrected chi connectivity index (χ1v) is 16.7. The monoisotopic (exact) mass is 669 g/mol. The molecule has 4 aromatic carbocycles. The van der Waals surface area contributed by atoms with Gasteiger partial charge in [-0.15, -0.1) is 0 Å². The lowest BCUT2D eigenvalue weighted by Gasteiger charge is -2.34. The van der Waals surface area contributed by atoms with E-state index in [4.69, 9.17) is 23.2 Å². The Kier molecular flexibility index (Phi) is 12.0. The third kappa shape index (κ3) is 9.06. The van der Waals surface area contributed by atoms with E-state index < -0.39 is 34.3 Å². The van der Waals surface area contributed by atoms with Crippen molar-refractivity contribution in [3.05, 3.63) is 130 Å². The number of para-hydroxylation sites is 1. The predicted molar refractivity (Wildman–Crippen MR) is 176 cm³/mol. The summed E-state index contributed by atoms with van der Waals surface area (Å²) in [5.41, 5.74) is 1.65. The number of hydrogen-bond acceptors (Lipinski definition) is 4. The highest BCUT2D eigenvalue weighted by Gasteiger charge is 2.34. The smallest absolute Gasteiger partial charge is 0.264 e. The van der Waals surface area contributed by atoms with Gasteiger partial charge in [0.2, 0.25) is 11.8 Å². The van der Waals surface area contributed by atoms with Crippen LogP contribution in [0, 0.1) is 5.82 Å². The average Bonchev–Trinajstić information content (AvgIpc) is 3.04. The second kappa shape index (κ2) is 15.9. The van der Waals surface area contributed by atoms with Crippen LogP contribution in [0.1, 0.15) is 30.9 Å². The van der Waals surface area contributed by atoms with Crippen LogP contribution in [0.2, 0.25) is 10.0 Å². The summed E-state index contributed by atoms with van der Waals surface area (Å²) in [4.78, 5) is 29.4. The zero-order valence-corrected chi connectivity index (χ0v) is 27.0. The Bertz CT molecular complexity index is 1690. The van der Waals surface area contributed by atoms with Crippen LogP contribution in [0.25, 0.3) is 0 Å². The number of amides is 2. The van der Waals surface area contributed by atoms with E-state index in [0.717, 1.165) is 47.0 Å². The molecule has 0 aromatic heterocycles. The van der Waals surface area contributed by atoms with E-state index in [1.807, 2.05) is 37.3 Å². The fourth-order valence-corrected chi connectivity index (χ4v) is 6.49. The second-order valence-electron chi connectivity index (χ2n) is 10.4. The summed E-state index contributed by atoms with van der Waals surface area (Å²) in [6.07, 6.45) is 1.80. The largest absolute Gasteiger partial charge is 0.354 e. The molecule has 45 heavy (non-hydrogen) atoms. The molecule has 1 N–H and O–H groups in total. The lowest BCUT2D eigenvalue weighted by atomic mass is 10.0. The minimum absolute atomic E-state index is 0.0480. The SMILES string of the molecule is CCCCNC(=O)[C@@H](Cc1ccccc1)N(Cc1ccc(Cl)c(Cl)c1)C(=O)CN(c1ccccc1)S(=O)(=O)c1ccc(F)cc1. The van der Waals surface area contributed by atoms with Crippen LogP contribution in [0.5, 0.6) is 0 Å². The molecule has 2 amide bonds. The number of carbonyl (C=O) groups excluding carboxylic acids is 2. The highest BCUT2D eigenvalue weighted by Crippen LogP contribution is 2.27. The standard InChI is InChI=1S/C34H34Cl2FN3O4S/c1-2-3-20-38-34(42)32(22-25-10-6-4-7-11-25)39(23-26-14-19-30(35)31(36)21-26)33(41)24-40(28-12-8-5-9-13-28)45(43,44)29-17-15-27(37)16-18-29/h4-19,21,32H,2-3,20,22-24H2,1H3,(H,38,42)/t32-/m1/s1. The van der Waals surface area contributed by atoms with Crippen molar-refractivity contribution < 1.29 is 22.4 Å². The molecular formula is C34H34Cl2FN3O4S. The summed E-state index contributed by atoms with van der Waals surface area (Å²) in [7, 11) is -4.33. The summed E-state index contributed by atoms with van der Waals surface area (Å²) in [6, 6.07) is 25.8. The van der Waals surface area contributed by atoms with Gasteiger partial charge in [0, 0.05) is 19.5 Å². The molecule has 0 unspecified atom stereocenters.